The van der Waals surface area contributed by atoms with E-state index < -0.39 is 23.8 Å². The number of nitrogens with one attached hydrogen (secondary N) is 1. The van der Waals surface area contributed by atoms with Crippen molar-refractivity contribution in [3.8, 4) is 0 Å². The number of carboxylic acid groups (broad SMARTS) is 1. The zero-order valence-corrected chi connectivity index (χ0v) is 10.1. The summed E-state index contributed by atoms with van der Waals surface area (Å²) in [4.78, 5) is 26.8. The van der Waals surface area contributed by atoms with Gasteiger partial charge in [0.1, 0.15) is 5.92 Å². The first-order valence-corrected chi connectivity index (χ1v) is 5.54. The summed E-state index contributed by atoms with van der Waals surface area (Å²) in [6, 6.07) is -0.542. The maximum atomic E-state index is 11.9. The number of aliphatic carboxylic acids is 1. The van der Waals surface area contributed by atoms with Gasteiger partial charge in [0.25, 0.3) is 5.91 Å². The van der Waals surface area contributed by atoms with Gasteiger partial charge in [-0.3, -0.25) is 9.59 Å². The average molecular weight is 254 g/mol. The molecule has 1 aliphatic rings. The summed E-state index contributed by atoms with van der Waals surface area (Å²) in [5.74, 6) is -1.66. The molecule has 0 aliphatic carbocycles. The second-order valence-electron chi connectivity index (χ2n) is 4.21. The summed E-state index contributed by atoms with van der Waals surface area (Å²) in [6.07, 6.45) is 0. The highest BCUT2D eigenvalue weighted by Gasteiger charge is 2.35. The molecule has 2 unspecified atom stereocenters. The average Bonchev–Trinajstić information content (AvgIpc) is 2.85. The third kappa shape index (κ3) is 2.35. The van der Waals surface area contributed by atoms with Crippen molar-refractivity contribution in [2.24, 2.45) is 5.92 Å². The first kappa shape index (κ1) is 12.6. The molecule has 0 aromatic carbocycles. The molecule has 0 saturated carbocycles. The Bertz CT molecular complexity index is 482. The van der Waals surface area contributed by atoms with Crippen LogP contribution < -0.4 is 5.32 Å². The van der Waals surface area contributed by atoms with E-state index in [9.17, 15) is 9.59 Å². The lowest BCUT2D eigenvalue weighted by Gasteiger charge is -2.14. The molecule has 2 heterocycles. The number of oxazole rings is 1. The molecule has 2 N–H and O–H groups in total. The van der Waals surface area contributed by atoms with Crippen molar-refractivity contribution in [2.75, 3.05) is 13.2 Å². The summed E-state index contributed by atoms with van der Waals surface area (Å²) in [7, 11) is 0. The van der Waals surface area contributed by atoms with Crippen LogP contribution in [0.4, 0.5) is 0 Å². The van der Waals surface area contributed by atoms with Gasteiger partial charge in [-0.25, -0.2) is 4.98 Å². The lowest BCUT2D eigenvalue weighted by molar-refractivity contribution is -0.142. The van der Waals surface area contributed by atoms with E-state index in [2.05, 4.69) is 10.3 Å². The van der Waals surface area contributed by atoms with Gasteiger partial charge in [0, 0.05) is 6.92 Å². The molecule has 0 spiro atoms. The molecule has 18 heavy (non-hydrogen) atoms. The highest BCUT2D eigenvalue weighted by atomic mass is 16.5. The van der Waals surface area contributed by atoms with E-state index in [1.807, 2.05) is 0 Å². The third-order valence-electron chi connectivity index (χ3n) is 2.82. The Morgan fingerprint density at radius 3 is 2.67 bits per heavy atom. The molecule has 98 valence electrons. The fraction of sp³-hybridized carbons (Fsp3) is 0.545. The number of hydrogen-bond donors (Lipinski definition) is 2. The fourth-order valence-corrected chi connectivity index (χ4v) is 1.92. The van der Waals surface area contributed by atoms with Crippen LogP contribution in [0.25, 0.3) is 0 Å². The summed E-state index contributed by atoms with van der Waals surface area (Å²) < 4.78 is 10.2. The molecule has 0 radical (unpaired) electrons. The number of carbonyl (C=O) groups excluding carboxylic acids is 1. The van der Waals surface area contributed by atoms with Gasteiger partial charge in [-0.1, -0.05) is 0 Å². The van der Waals surface area contributed by atoms with E-state index in [1.165, 1.54) is 0 Å². The molecule has 1 aliphatic heterocycles. The van der Waals surface area contributed by atoms with Gasteiger partial charge in [-0.05, 0) is 6.92 Å². The van der Waals surface area contributed by atoms with Crippen LogP contribution in [0.2, 0.25) is 0 Å². The first-order chi connectivity index (χ1) is 8.49. The van der Waals surface area contributed by atoms with Gasteiger partial charge < -0.3 is 19.6 Å². The molecule has 2 rings (SSSR count). The normalized spacial score (nSPS) is 23.0. The lowest BCUT2D eigenvalue weighted by atomic mass is 10.0. The van der Waals surface area contributed by atoms with Crippen molar-refractivity contribution in [2.45, 2.75) is 19.9 Å². The van der Waals surface area contributed by atoms with Gasteiger partial charge in [0.05, 0.1) is 24.9 Å². The Morgan fingerprint density at radius 1 is 1.39 bits per heavy atom. The first-order valence-electron chi connectivity index (χ1n) is 5.54. The minimum Gasteiger partial charge on any atom is -0.481 e. The van der Waals surface area contributed by atoms with Crippen LogP contribution in [0, 0.1) is 19.8 Å². The van der Waals surface area contributed by atoms with Crippen molar-refractivity contribution >= 4 is 11.9 Å². The monoisotopic (exact) mass is 254 g/mol. The number of aromatic nitrogens is 1. The number of carbonyl (C=O) groups is 2. The van der Waals surface area contributed by atoms with E-state index in [1.54, 1.807) is 13.8 Å². The Labute approximate surface area is 103 Å². The fourth-order valence-electron chi connectivity index (χ4n) is 1.92. The van der Waals surface area contributed by atoms with Crippen LogP contribution >= 0.6 is 0 Å². The van der Waals surface area contributed by atoms with Crippen LogP contribution in [0.15, 0.2) is 4.42 Å². The minimum atomic E-state index is -0.983. The molecule has 7 heteroatoms. The second kappa shape index (κ2) is 4.77. The largest absolute Gasteiger partial charge is 0.481 e. The van der Waals surface area contributed by atoms with Crippen molar-refractivity contribution in [3.05, 3.63) is 17.3 Å². The SMILES string of the molecule is Cc1nc(C)c(C(=O)NC2COCC2C(=O)O)o1. The van der Waals surface area contributed by atoms with E-state index in [4.69, 9.17) is 14.3 Å². The Morgan fingerprint density at radius 2 is 2.11 bits per heavy atom. The van der Waals surface area contributed by atoms with E-state index in [0.717, 1.165) is 0 Å². The number of ether oxygens (including phenoxy) is 1. The zero-order valence-electron chi connectivity index (χ0n) is 10.1. The van der Waals surface area contributed by atoms with Crippen molar-refractivity contribution in [3.63, 3.8) is 0 Å². The van der Waals surface area contributed by atoms with Crippen molar-refractivity contribution in [1.29, 1.82) is 0 Å². The van der Waals surface area contributed by atoms with Crippen LogP contribution in [-0.2, 0) is 9.53 Å². The number of aryl methyl sites for hydroxylation is 2. The molecule has 1 amide bonds. The van der Waals surface area contributed by atoms with Gasteiger partial charge in [-0.2, -0.15) is 0 Å². The second-order valence-corrected chi connectivity index (χ2v) is 4.21. The molecule has 2 atom stereocenters. The number of amides is 1. The number of carboxylic acids is 1. The molecular formula is C11H14N2O5. The standard InChI is InChI=1S/C11H14N2O5/c1-5-9(18-6(2)12-5)10(14)13-8-4-17-3-7(8)11(15)16/h7-8H,3-4H2,1-2H3,(H,13,14)(H,15,16). The van der Waals surface area contributed by atoms with Gasteiger partial charge in [-0.15, -0.1) is 0 Å². The molecule has 1 saturated heterocycles. The Kier molecular flexibility index (Phi) is 3.33. The molecular weight excluding hydrogens is 240 g/mol. The van der Waals surface area contributed by atoms with E-state index in [-0.39, 0.29) is 19.0 Å². The Balaban J connectivity index is 2.07. The molecule has 1 fully saturated rings. The maximum absolute atomic E-state index is 11.9. The van der Waals surface area contributed by atoms with Crippen LogP contribution in [0.3, 0.4) is 0 Å². The van der Waals surface area contributed by atoms with Crippen molar-refractivity contribution in [1.82, 2.24) is 10.3 Å². The molecule has 0 bridgehead atoms. The lowest BCUT2D eigenvalue weighted by Crippen LogP contribution is -2.42. The number of nitrogens with zero attached hydrogens (tertiary/aromatic N) is 1. The smallest absolute Gasteiger partial charge is 0.311 e. The highest BCUT2D eigenvalue weighted by molar-refractivity contribution is 5.93. The van der Waals surface area contributed by atoms with Gasteiger partial charge in [0.2, 0.25) is 5.76 Å². The van der Waals surface area contributed by atoms with Crippen LogP contribution in [0.5, 0.6) is 0 Å². The van der Waals surface area contributed by atoms with Gasteiger partial charge in [0.15, 0.2) is 5.89 Å². The summed E-state index contributed by atoms with van der Waals surface area (Å²) in [5.41, 5.74) is 0.482. The summed E-state index contributed by atoms with van der Waals surface area (Å²) in [6.45, 7) is 3.59. The molecule has 1 aromatic heterocycles. The van der Waals surface area contributed by atoms with Crippen LogP contribution in [0.1, 0.15) is 22.1 Å². The summed E-state index contributed by atoms with van der Waals surface area (Å²) >= 11 is 0. The minimum absolute atomic E-state index is 0.106. The van der Waals surface area contributed by atoms with Gasteiger partial charge >= 0.3 is 5.97 Å². The summed E-state index contributed by atoms with van der Waals surface area (Å²) in [5, 5.41) is 11.6. The zero-order chi connectivity index (χ0) is 13.3. The molecule has 7 nitrogen and oxygen atoms in total. The number of rotatable bonds is 3. The number of hydrogen-bond acceptors (Lipinski definition) is 5. The highest BCUT2D eigenvalue weighted by Crippen LogP contribution is 2.16. The Hall–Kier alpha value is -1.89. The van der Waals surface area contributed by atoms with Crippen molar-refractivity contribution < 1.29 is 23.8 Å². The maximum Gasteiger partial charge on any atom is 0.311 e. The predicted molar refractivity (Wildman–Crippen MR) is 59.2 cm³/mol. The van der Waals surface area contributed by atoms with Crippen LogP contribution in [-0.4, -0.2) is 41.2 Å². The van der Waals surface area contributed by atoms with E-state index >= 15 is 0 Å². The van der Waals surface area contributed by atoms with E-state index in [0.29, 0.717) is 11.6 Å². The quantitative estimate of drug-likeness (QED) is 0.794. The predicted octanol–water partition coefficient (Wildman–Crippen LogP) is 0.121. The molecule has 1 aromatic rings. The third-order valence-corrected chi connectivity index (χ3v) is 2.82. The topological polar surface area (TPSA) is 102 Å².